The maximum atomic E-state index is 11.9. The Morgan fingerprint density at radius 1 is 1.32 bits per heavy atom. The Hall–Kier alpha value is -2.63. The highest BCUT2D eigenvalue weighted by atomic mass is 16.3. The molecule has 1 aromatic heterocycles. The van der Waals surface area contributed by atoms with Crippen molar-refractivity contribution >= 4 is 11.6 Å². The van der Waals surface area contributed by atoms with Crippen LogP contribution in [0.4, 0.5) is 0 Å². The molecule has 6 nitrogen and oxygen atoms in total. The molecule has 0 saturated heterocycles. The van der Waals surface area contributed by atoms with E-state index in [0.717, 1.165) is 22.5 Å². The first-order valence-electron chi connectivity index (χ1n) is 7.10. The summed E-state index contributed by atoms with van der Waals surface area (Å²) in [4.78, 5) is 11.9. The van der Waals surface area contributed by atoms with Crippen LogP contribution in [-0.4, -0.2) is 26.9 Å². The van der Waals surface area contributed by atoms with Crippen LogP contribution >= 0.6 is 0 Å². The number of amides is 1. The van der Waals surface area contributed by atoms with Gasteiger partial charge in [-0.25, -0.2) is 5.43 Å². The van der Waals surface area contributed by atoms with Gasteiger partial charge in [0.2, 0.25) is 5.91 Å². The van der Waals surface area contributed by atoms with Gasteiger partial charge in [0.1, 0.15) is 5.75 Å². The first-order valence-corrected chi connectivity index (χ1v) is 7.10. The van der Waals surface area contributed by atoms with Crippen molar-refractivity contribution in [2.75, 3.05) is 0 Å². The number of carbonyl (C=O) groups is 1. The minimum absolute atomic E-state index is 0.141. The summed E-state index contributed by atoms with van der Waals surface area (Å²) in [5.74, 6) is 0.0598. The number of carbonyl (C=O) groups excluding carboxylic acids is 1. The second-order valence-corrected chi connectivity index (χ2v) is 5.19. The molecule has 0 aliphatic rings. The van der Waals surface area contributed by atoms with E-state index in [2.05, 4.69) is 20.7 Å². The Bertz CT molecular complexity index is 667. The predicted molar refractivity (Wildman–Crippen MR) is 84.8 cm³/mol. The molecule has 0 bridgehead atoms. The average molecular weight is 300 g/mol. The normalized spacial score (nSPS) is 11.5. The van der Waals surface area contributed by atoms with Crippen molar-refractivity contribution in [3.8, 4) is 5.75 Å². The van der Waals surface area contributed by atoms with Crippen LogP contribution in [0.25, 0.3) is 0 Å². The molecule has 1 heterocycles. The van der Waals surface area contributed by atoms with E-state index in [1.807, 2.05) is 13.8 Å². The number of nitrogens with one attached hydrogen (secondary N) is 2. The number of aromatic nitrogens is 2. The lowest BCUT2D eigenvalue weighted by Gasteiger charge is -2.04. The van der Waals surface area contributed by atoms with Gasteiger partial charge in [-0.05, 0) is 62.6 Å². The highest BCUT2D eigenvalue weighted by molar-refractivity contribution is 5.99. The summed E-state index contributed by atoms with van der Waals surface area (Å²) < 4.78 is 0. The molecular weight excluding hydrogens is 280 g/mol. The third-order valence-electron chi connectivity index (χ3n) is 3.52. The van der Waals surface area contributed by atoms with E-state index >= 15 is 0 Å². The van der Waals surface area contributed by atoms with Crippen molar-refractivity contribution < 1.29 is 9.90 Å². The largest absolute Gasteiger partial charge is 0.508 e. The summed E-state index contributed by atoms with van der Waals surface area (Å²) in [7, 11) is 0. The summed E-state index contributed by atoms with van der Waals surface area (Å²) in [6.45, 7) is 5.67. The number of H-pyrrole nitrogens is 1. The van der Waals surface area contributed by atoms with Gasteiger partial charge in [0, 0.05) is 12.1 Å². The van der Waals surface area contributed by atoms with Crippen LogP contribution < -0.4 is 5.43 Å². The number of hydrogen-bond donors (Lipinski definition) is 3. The van der Waals surface area contributed by atoms with Crippen molar-refractivity contribution in [1.82, 2.24) is 15.6 Å². The summed E-state index contributed by atoms with van der Waals surface area (Å²) in [5.41, 5.74) is 7.08. The summed E-state index contributed by atoms with van der Waals surface area (Å²) >= 11 is 0. The molecule has 0 saturated carbocycles. The molecule has 1 amide bonds. The quantitative estimate of drug-likeness (QED) is 0.584. The number of benzene rings is 1. The van der Waals surface area contributed by atoms with Crippen LogP contribution in [0.2, 0.25) is 0 Å². The highest BCUT2D eigenvalue weighted by Crippen LogP contribution is 2.12. The topological polar surface area (TPSA) is 90.4 Å². The number of nitrogens with zero attached hydrogens (tertiary/aromatic N) is 2. The first kappa shape index (κ1) is 15.8. The van der Waals surface area contributed by atoms with E-state index in [1.54, 1.807) is 31.2 Å². The van der Waals surface area contributed by atoms with Gasteiger partial charge in [0.05, 0.1) is 11.4 Å². The smallest absolute Gasteiger partial charge is 0.240 e. The Labute approximate surface area is 129 Å². The first-order chi connectivity index (χ1) is 10.5. The van der Waals surface area contributed by atoms with Crippen LogP contribution in [0.1, 0.15) is 35.9 Å². The Morgan fingerprint density at radius 3 is 2.59 bits per heavy atom. The SMILES string of the molecule is C/C(=N\NC(=O)CCc1c(C)n[nH]c1C)c1ccc(O)cc1. The van der Waals surface area contributed by atoms with Gasteiger partial charge in [0.15, 0.2) is 0 Å². The molecule has 3 N–H and O–H groups in total. The zero-order chi connectivity index (χ0) is 16.1. The average Bonchev–Trinajstić information content (AvgIpc) is 2.82. The Kier molecular flexibility index (Phi) is 4.93. The van der Waals surface area contributed by atoms with Gasteiger partial charge in [-0.15, -0.1) is 0 Å². The fourth-order valence-corrected chi connectivity index (χ4v) is 2.15. The molecule has 0 aliphatic heterocycles. The molecule has 2 rings (SSSR count). The van der Waals surface area contributed by atoms with E-state index in [4.69, 9.17) is 0 Å². The molecule has 0 unspecified atom stereocenters. The minimum Gasteiger partial charge on any atom is -0.508 e. The molecule has 6 heteroatoms. The van der Waals surface area contributed by atoms with Gasteiger partial charge in [0.25, 0.3) is 0 Å². The van der Waals surface area contributed by atoms with Crippen molar-refractivity contribution in [3.63, 3.8) is 0 Å². The second-order valence-electron chi connectivity index (χ2n) is 5.19. The Balaban J connectivity index is 1.89. The molecule has 116 valence electrons. The molecule has 2 aromatic rings. The number of aromatic amines is 1. The van der Waals surface area contributed by atoms with Crippen molar-refractivity contribution in [2.24, 2.45) is 5.10 Å². The van der Waals surface area contributed by atoms with Crippen LogP contribution in [0.5, 0.6) is 5.75 Å². The molecule has 0 aliphatic carbocycles. The number of aryl methyl sites for hydroxylation is 2. The number of rotatable bonds is 5. The van der Waals surface area contributed by atoms with E-state index < -0.39 is 0 Å². The standard InChI is InChI=1S/C16H20N4O2/c1-10(13-4-6-14(21)7-5-13)17-20-16(22)9-8-15-11(2)18-19-12(15)3/h4-7,21H,8-9H2,1-3H3,(H,18,19)(H,20,22)/b17-10+. The number of aromatic hydroxyl groups is 1. The molecule has 0 spiro atoms. The lowest BCUT2D eigenvalue weighted by Crippen LogP contribution is -2.19. The van der Waals surface area contributed by atoms with Gasteiger partial charge in [-0.3, -0.25) is 9.89 Å². The minimum atomic E-state index is -0.141. The lowest BCUT2D eigenvalue weighted by atomic mass is 10.1. The van der Waals surface area contributed by atoms with E-state index in [1.165, 1.54) is 0 Å². The molecule has 22 heavy (non-hydrogen) atoms. The molecule has 0 radical (unpaired) electrons. The van der Waals surface area contributed by atoms with E-state index in [9.17, 15) is 9.90 Å². The number of hydrazone groups is 1. The fourth-order valence-electron chi connectivity index (χ4n) is 2.15. The number of hydrogen-bond acceptors (Lipinski definition) is 4. The van der Waals surface area contributed by atoms with Crippen molar-refractivity contribution in [1.29, 1.82) is 0 Å². The molecule has 0 fully saturated rings. The van der Waals surface area contributed by atoms with Crippen LogP contribution in [-0.2, 0) is 11.2 Å². The maximum absolute atomic E-state index is 11.9. The third kappa shape index (κ3) is 3.94. The maximum Gasteiger partial charge on any atom is 0.240 e. The van der Waals surface area contributed by atoms with E-state index in [0.29, 0.717) is 18.6 Å². The highest BCUT2D eigenvalue weighted by Gasteiger charge is 2.09. The van der Waals surface area contributed by atoms with Crippen LogP contribution in [0.15, 0.2) is 29.4 Å². The van der Waals surface area contributed by atoms with Crippen LogP contribution in [0.3, 0.4) is 0 Å². The van der Waals surface area contributed by atoms with Gasteiger partial charge < -0.3 is 5.11 Å². The zero-order valence-corrected chi connectivity index (χ0v) is 13.0. The molecular formula is C16H20N4O2. The summed E-state index contributed by atoms with van der Waals surface area (Å²) in [5, 5.41) is 20.3. The summed E-state index contributed by atoms with van der Waals surface area (Å²) in [6, 6.07) is 6.66. The van der Waals surface area contributed by atoms with Crippen LogP contribution in [0, 0.1) is 13.8 Å². The monoisotopic (exact) mass is 300 g/mol. The van der Waals surface area contributed by atoms with Gasteiger partial charge in [-0.2, -0.15) is 10.2 Å². The predicted octanol–water partition coefficient (Wildman–Crippen LogP) is 2.21. The molecule has 1 aromatic carbocycles. The summed E-state index contributed by atoms with van der Waals surface area (Å²) in [6.07, 6.45) is 0.987. The number of phenols is 1. The van der Waals surface area contributed by atoms with Gasteiger partial charge in [-0.1, -0.05) is 0 Å². The fraction of sp³-hybridized carbons (Fsp3) is 0.312. The molecule has 0 atom stereocenters. The zero-order valence-electron chi connectivity index (χ0n) is 13.0. The third-order valence-corrected chi connectivity index (χ3v) is 3.52. The van der Waals surface area contributed by atoms with Crippen molar-refractivity contribution in [3.05, 3.63) is 46.8 Å². The Morgan fingerprint density at radius 2 is 2.00 bits per heavy atom. The lowest BCUT2D eigenvalue weighted by molar-refractivity contribution is -0.121. The van der Waals surface area contributed by atoms with Crippen molar-refractivity contribution in [2.45, 2.75) is 33.6 Å². The van der Waals surface area contributed by atoms with E-state index in [-0.39, 0.29) is 11.7 Å². The number of phenolic OH excluding ortho intramolecular Hbond substituents is 1. The second kappa shape index (κ2) is 6.89. The van der Waals surface area contributed by atoms with Gasteiger partial charge >= 0.3 is 0 Å².